The third kappa shape index (κ3) is 3.01. The first-order valence-corrected chi connectivity index (χ1v) is 5.87. The lowest BCUT2D eigenvalue weighted by atomic mass is 10.1. The van der Waals surface area contributed by atoms with Crippen molar-refractivity contribution in [3.8, 4) is 0 Å². The van der Waals surface area contributed by atoms with Crippen LogP contribution in [0.4, 0.5) is 5.69 Å². The van der Waals surface area contributed by atoms with Crippen molar-refractivity contribution in [1.29, 1.82) is 0 Å². The molecule has 0 spiro atoms. The highest BCUT2D eigenvalue weighted by Gasteiger charge is 2.03. The van der Waals surface area contributed by atoms with Gasteiger partial charge in [0.2, 0.25) is 0 Å². The first kappa shape index (κ1) is 11.0. The molecule has 0 aromatic heterocycles. The van der Waals surface area contributed by atoms with Crippen molar-refractivity contribution in [2.45, 2.75) is 20.3 Å². The monoisotopic (exact) mass is 214 g/mol. The fourth-order valence-electron chi connectivity index (χ4n) is 1.32. The molecule has 5 heteroatoms. The average molecular weight is 214 g/mol. The topological polar surface area (TPSA) is 72.2 Å². The summed E-state index contributed by atoms with van der Waals surface area (Å²) in [7, 11) is -3.66. The third-order valence-electron chi connectivity index (χ3n) is 1.98. The van der Waals surface area contributed by atoms with E-state index in [1.165, 1.54) is 5.56 Å². The number of hydrogen-bond donors (Lipinski definition) is 2. The van der Waals surface area contributed by atoms with Crippen LogP contribution in [0, 0.1) is 6.92 Å². The molecule has 0 atom stereocenters. The molecule has 0 radical (unpaired) electrons. The van der Waals surface area contributed by atoms with Crippen molar-refractivity contribution in [3.05, 3.63) is 29.3 Å². The van der Waals surface area contributed by atoms with Crippen LogP contribution in [-0.4, -0.2) is 8.42 Å². The Morgan fingerprint density at radius 2 is 2.07 bits per heavy atom. The molecule has 0 unspecified atom stereocenters. The molecule has 14 heavy (non-hydrogen) atoms. The number of hydrogen-bond acceptors (Lipinski definition) is 2. The second-order valence-electron chi connectivity index (χ2n) is 3.14. The Kier molecular flexibility index (Phi) is 3.13. The van der Waals surface area contributed by atoms with Crippen LogP contribution >= 0.6 is 0 Å². The van der Waals surface area contributed by atoms with E-state index in [2.05, 4.69) is 11.6 Å². The van der Waals surface area contributed by atoms with Crippen LogP contribution in [0.3, 0.4) is 0 Å². The van der Waals surface area contributed by atoms with E-state index in [0.717, 1.165) is 12.0 Å². The number of anilines is 1. The summed E-state index contributed by atoms with van der Waals surface area (Å²) in [6, 6.07) is 5.36. The highest BCUT2D eigenvalue weighted by molar-refractivity contribution is 7.90. The third-order valence-corrected chi connectivity index (χ3v) is 2.50. The van der Waals surface area contributed by atoms with E-state index in [9.17, 15) is 8.42 Å². The summed E-state index contributed by atoms with van der Waals surface area (Å²) in [5.41, 5.74) is 2.76. The summed E-state index contributed by atoms with van der Waals surface area (Å²) in [4.78, 5) is 0. The van der Waals surface area contributed by atoms with Gasteiger partial charge in [-0.15, -0.1) is 0 Å². The zero-order valence-electron chi connectivity index (χ0n) is 8.24. The predicted molar refractivity (Wildman–Crippen MR) is 57.3 cm³/mol. The molecule has 1 aromatic carbocycles. The molecular formula is C9H14N2O2S. The first-order valence-electron chi connectivity index (χ1n) is 4.32. The molecule has 0 heterocycles. The van der Waals surface area contributed by atoms with Gasteiger partial charge in [0.25, 0.3) is 10.2 Å². The summed E-state index contributed by atoms with van der Waals surface area (Å²) in [6.07, 6.45) is 0.932. The largest absolute Gasteiger partial charge is 0.296 e. The van der Waals surface area contributed by atoms with E-state index >= 15 is 0 Å². The zero-order chi connectivity index (χ0) is 10.8. The number of rotatable bonds is 3. The minimum Gasteiger partial charge on any atom is -0.271 e. The van der Waals surface area contributed by atoms with Crippen molar-refractivity contribution in [2.24, 2.45) is 5.14 Å². The maximum absolute atomic E-state index is 10.7. The first-order chi connectivity index (χ1) is 6.42. The van der Waals surface area contributed by atoms with Gasteiger partial charge in [-0.1, -0.05) is 13.0 Å². The van der Waals surface area contributed by atoms with Crippen LogP contribution in [0.25, 0.3) is 0 Å². The molecule has 0 saturated heterocycles. The van der Waals surface area contributed by atoms with Gasteiger partial charge in [-0.25, -0.2) is 5.14 Å². The van der Waals surface area contributed by atoms with Crippen molar-refractivity contribution >= 4 is 15.9 Å². The van der Waals surface area contributed by atoms with Crippen LogP contribution in [0.5, 0.6) is 0 Å². The van der Waals surface area contributed by atoms with E-state index in [1.54, 1.807) is 12.1 Å². The number of nitrogens with one attached hydrogen (secondary N) is 1. The molecule has 0 bridgehead atoms. The molecule has 0 fully saturated rings. The second kappa shape index (κ2) is 3.98. The molecule has 78 valence electrons. The fourth-order valence-corrected chi connectivity index (χ4v) is 1.78. The zero-order valence-corrected chi connectivity index (χ0v) is 9.06. The quantitative estimate of drug-likeness (QED) is 0.792. The van der Waals surface area contributed by atoms with Gasteiger partial charge >= 0.3 is 0 Å². The van der Waals surface area contributed by atoms with Gasteiger partial charge < -0.3 is 0 Å². The lowest BCUT2D eigenvalue weighted by Crippen LogP contribution is -2.21. The lowest BCUT2D eigenvalue weighted by molar-refractivity contribution is 0.603. The standard InChI is InChI=1S/C9H14N2O2S/c1-3-8-4-5-9(6-7(8)2)11-14(10,12)13/h4-6,11H,3H2,1-2H3,(H2,10,12,13). The van der Waals surface area contributed by atoms with E-state index in [-0.39, 0.29) is 0 Å². The molecule has 0 amide bonds. The van der Waals surface area contributed by atoms with E-state index < -0.39 is 10.2 Å². The van der Waals surface area contributed by atoms with E-state index in [4.69, 9.17) is 5.14 Å². The fraction of sp³-hybridized carbons (Fsp3) is 0.333. The van der Waals surface area contributed by atoms with Gasteiger partial charge in [-0.2, -0.15) is 8.42 Å². The minimum atomic E-state index is -3.66. The Hall–Kier alpha value is -1.07. The van der Waals surface area contributed by atoms with Gasteiger partial charge in [0.15, 0.2) is 0 Å². The molecule has 3 N–H and O–H groups in total. The van der Waals surface area contributed by atoms with Crippen molar-refractivity contribution in [3.63, 3.8) is 0 Å². The summed E-state index contributed by atoms with van der Waals surface area (Å²) in [5.74, 6) is 0. The SMILES string of the molecule is CCc1ccc(NS(N)(=O)=O)cc1C. The van der Waals surface area contributed by atoms with Crippen LogP contribution in [-0.2, 0) is 16.6 Å². The second-order valence-corrected chi connectivity index (χ2v) is 4.44. The highest BCUT2D eigenvalue weighted by atomic mass is 32.2. The van der Waals surface area contributed by atoms with Gasteiger partial charge in [0.1, 0.15) is 0 Å². The smallest absolute Gasteiger partial charge is 0.271 e. The predicted octanol–water partition coefficient (Wildman–Crippen LogP) is 1.17. The van der Waals surface area contributed by atoms with Gasteiger partial charge in [-0.05, 0) is 36.6 Å². The molecule has 1 aromatic rings. The van der Waals surface area contributed by atoms with Crippen LogP contribution < -0.4 is 9.86 Å². The lowest BCUT2D eigenvalue weighted by Gasteiger charge is -2.07. The number of nitrogens with two attached hydrogens (primary N) is 1. The maximum Gasteiger partial charge on any atom is 0.296 e. The Morgan fingerprint density at radius 1 is 1.43 bits per heavy atom. The maximum atomic E-state index is 10.7. The summed E-state index contributed by atoms with van der Waals surface area (Å²) in [6.45, 7) is 3.99. The van der Waals surface area contributed by atoms with Crippen molar-refractivity contribution < 1.29 is 8.42 Å². The molecule has 0 aliphatic carbocycles. The molecule has 1 rings (SSSR count). The summed E-state index contributed by atoms with van der Waals surface area (Å²) >= 11 is 0. The number of aryl methyl sites for hydroxylation is 2. The van der Waals surface area contributed by atoms with Gasteiger partial charge in [-0.3, -0.25) is 4.72 Å². The molecular weight excluding hydrogens is 200 g/mol. The highest BCUT2D eigenvalue weighted by Crippen LogP contribution is 2.15. The minimum absolute atomic E-state index is 0.502. The number of benzene rings is 1. The van der Waals surface area contributed by atoms with Crippen LogP contribution in [0.2, 0.25) is 0 Å². The van der Waals surface area contributed by atoms with E-state index in [0.29, 0.717) is 5.69 Å². The molecule has 0 aliphatic heterocycles. The van der Waals surface area contributed by atoms with Crippen LogP contribution in [0.1, 0.15) is 18.1 Å². The Balaban J connectivity index is 2.98. The molecule has 0 saturated carbocycles. The van der Waals surface area contributed by atoms with E-state index in [1.807, 2.05) is 13.0 Å². The summed E-state index contributed by atoms with van der Waals surface area (Å²) in [5, 5.41) is 4.85. The average Bonchev–Trinajstić information content (AvgIpc) is 2.01. The Morgan fingerprint density at radius 3 is 2.50 bits per heavy atom. The normalized spacial score (nSPS) is 11.4. The molecule has 0 aliphatic rings. The summed E-state index contributed by atoms with van der Waals surface area (Å²) < 4.78 is 23.7. The Labute approximate surface area is 84.3 Å². The molecule has 4 nitrogen and oxygen atoms in total. The van der Waals surface area contributed by atoms with Gasteiger partial charge in [0, 0.05) is 0 Å². The van der Waals surface area contributed by atoms with Crippen LogP contribution in [0.15, 0.2) is 18.2 Å². The van der Waals surface area contributed by atoms with Gasteiger partial charge in [0.05, 0.1) is 5.69 Å². The van der Waals surface area contributed by atoms with Crippen molar-refractivity contribution in [2.75, 3.05) is 4.72 Å². The van der Waals surface area contributed by atoms with Crippen molar-refractivity contribution in [1.82, 2.24) is 0 Å². The Bertz CT molecular complexity index is 426.